The van der Waals surface area contributed by atoms with Gasteiger partial charge in [0.05, 0.1) is 11.1 Å². The number of nitrogens with two attached hydrogens (primary N) is 2. The molecule has 10 heteroatoms. The fourth-order valence-electron chi connectivity index (χ4n) is 5.65. The first-order chi connectivity index (χ1) is 18.2. The maximum absolute atomic E-state index is 12.6. The molecule has 6 N–H and O–H groups in total. The van der Waals surface area contributed by atoms with Gasteiger partial charge >= 0.3 is 0 Å². The number of unbranched alkanes of at least 4 members (excludes halogenated alkanes) is 1. The summed E-state index contributed by atoms with van der Waals surface area (Å²) in [5.74, 6) is -0.176. The second-order valence-electron chi connectivity index (χ2n) is 10.5. The molecule has 2 unspecified atom stereocenters. The van der Waals surface area contributed by atoms with Gasteiger partial charge in [0.2, 0.25) is 11.8 Å². The molecule has 8 nitrogen and oxygen atoms in total. The van der Waals surface area contributed by atoms with Crippen LogP contribution in [0, 0.1) is 11.8 Å². The summed E-state index contributed by atoms with van der Waals surface area (Å²) < 4.78 is 0. The molecule has 0 saturated heterocycles. The summed E-state index contributed by atoms with van der Waals surface area (Å²) in [5.41, 5.74) is 14.2. The second kappa shape index (κ2) is 12.4. The van der Waals surface area contributed by atoms with Gasteiger partial charge in [0.1, 0.15) is 10.0 Å². The Hall–Kier alpha value is -2.72. The van der Waals surface area contributed by atoms with E-state index < -0.39 is 11.8 Å². The topological polar surface area (TPSA) is 144 Å². The van der Waals surface area contributed by atoms with Crippen LogP contribution < -0.4 is 22.1 Å². The highest BCUT2D eigenvalue weighted by molar-refractivity contribution is 7.17. The molecule has 0 fully saturated rings. The smallest absolute Gasteiger partial charge is 0.251 e. The Kier molecular flexibility index (Phi) is 9.25. The summed E-state index contributed by atoms with van der Waals surface area (Å²) in [6.45, 7) is 4.35. The average Bonchev–Trinajstić information content (AvgIpc) is 3.42. The highest BCUT2D eigenvalue weighted by Crippen LogP contribution is 2.41. The minimum Gasteiger partial charge on any atom is -0.365 e. The maximum Gasteiger partial charge on any atom is 0.251 e. The third-order valence-electron chi connectivity index (χ3n) is 7.95. The highest BCUT2D eigenvalue weighted by Gasteiger charge is 2.29. The Morgan fingerprint density at radius 1 is 0.737 bits per heavy atom. The van der Waals surface area contributed by atoms with Crippen LogP contribution in [0.3, 0.4) is 0 Å². The molecule has 38 heavy (non-hydrogen) atoms. The molecule has 0 saturated carbocycles. The van der Waals surface area contributed by atoms with Crippen molar-refractivity contribution in [2.24, 2.45) is 23.3 Å². The van der Waals surface area contributed by atoms with Gasteiger partial charge in [-0.1, -0.05) is 26.7 Å². The van der Waals surface area contributed by atoms with E-state index >= 15 is 0 Å². The van der Waals surface area contributed by atoms with Crippen molar-refractivity contribution in [3.63, 3.8) is 0 Å². The van der Waals surface area contributed by atoms with E-state index in [9.17, 15) is 19.2 Å². The molecule has 2 heterocycles. The molecular formula is C28H38N4O4S2. The molecule has 2 aromatic rings. The third-order valence-corrected chi connectivity index (χ3v) is 10.3. The van der Waals surface area contributed by atoms with Crippen LogP contribution in [0.4, 0.5) is 10.0 Å². The second-order valence-corrected chi connectivity index (χ2v) is 12.7. The SMILES string of the molecule is CCC1CCc2c(sc(NC(=O)CCCCC(=O)Nc3sc4c(c3C(N)=O)CCC(CC)C4)c2C(N)=O)C1. The van der Waals surface area contributed by atoms with Crippen molar-refractivity contribution in [1.29, 1.82) is 0 Å². The Morgan fingerprint density at radius 2 is 1.13 bits per heavy atom. The first-order valence-corrected chi connectivity index (χ1v) is 15.3. The van der Waals surface area contributed by atoms with E-state index in [1.165, 1.54) is 22.7 Å². The van der Waals surface area contributed by atoms with Crippen molar-refractivity contribution in [3.05, 3.63) is 32.0 Å². The molecule has 4 rings (SSSR count). The monoisotopic (exact) mass is 558 g/mol. The predicted molar refractivity (Wildman–Crippen MR) is 153 cm³/mol. The summed E-state index contributed by atoms with van der Waals surface area (Å²) in [5, 5.41) is 6.89. The van der Waals surface area contributed by atoms with Crippen molar-refractivity contribution < 1.29 is 19.2 Å². The Labute approximate surface area is 231 Å². The Bertz CT molecular complexity index is 1140. The van der Waals surface area contributed by atoms with Crippen molar-refractivity contribution in [1.82, 2.24) is 0 Å². The van der Waals surface area contributed by atoms with Crippen LogP contribution in [0.15, 0.2) is 0 Å². The molecule has 0 aliphatic heterocycles. The number of thiophene rings is 2. The molecule has 0 bridgehead atoms. The molecular weight excluding hydrogens is 520 g/mol. The minimum absolute atomic E-state index is 0.189. The molecule has 2 aromatic heterocycles. The zero-order valence-corrected chi connectivity index (χ0v) is 23.9. The van der Waals surface area contributed by atoms with Gasteiger partial charge in [-0.05, 0) is 74.3 Å². The Balaban J connectivity index is 1.28. The van der Waals surface area contributed by atoms with E-state index in [-0.39, 0.29) is 24.7 Å². The van der Waals surface area contributed by atoms with Gasteiger partial charge in [-0.25, -0.2) is 0 Å². The minimum atomic E-state index is -0.500. The quantitative estimate of drug-likeness (QED) is 0.282. The average molecular weight is 559 g/mol. The molecule has 2 aliphatic rings. The van der Waals surface area contributed by atoms with E-state index in [4.69, 9.17) is 11.5 Å². The van der Waals surface area contributed by atoms with Crippen LogP contribution in [0.1, 0.15) is 107 Å². The van der Waals surface area contributed by atoms with E-state index in [0.717, 1.165) is 72.2 Å². The lowest BCUT2D eigenvalue weighted by molar-refractivity contribution is -0.118. The van der Waals surface area contributed by atoms with Crippen LogP contribution in [-0.4, -0.2) is 23.6 Å². The van der Waals surface area contributed by atoms with E-state index in [0.29, 0.717) is 45.8 Å². The van der Waals surface area contributed by atoms with Crippen LogP contribution in [-0.2, 0) is 35.3 Å². The van der Waals surface area contributed by atoms with Crippen LogP contribution in [0.2, 0.25) is 0 Å². The van der Waals surface area contributed by atoms with Crippen LogP contribution in [0.25, 0.3) is 0 Å². The molecule has 0 radical (unpaired) electrons. The van der Waals surface area contributed by atoms with E-state index in [1.807, 2.05) is 0 Å². The molecule has 206 valence electrons. The van der Waals surface area contributed by atoms with Gasteiger partial charge in [-0.15, -0.1) is 22.7 Å². The first kappa shape index (κ1) is 28.3. The van der Waals surface area contributed by atoms with Crippen molar-refractivity contribution in [2.45, 2.75) is 90.9 Å². The molecule has 2 aliphatic carbocycles. The zero-order chi connectivity index (χ0) is 27.4. The van der Waals surface area contributed by atoms with Crippen molar-refractivity contribution in [2.75, 3.05) is 10.6 Å². The molecule has 4 amide bonds. The number of anilines is 2. The standard InChI is InChI=1S/C28H38N4O4S2/c1-3-15-9-11-17-19(13-15)37-27(23(17)25(29)35)31-21(33)7-5-6-8-22(34)32-28-24(26(30)36)18-12-10-16(4-2)14-20(18)38-28/h15-16H,3-14H2,1-2H3,(H2,29,35)(H2,30,36)(H,31,33)(H,32,34). The van der Waals surface area contributed by atoms with Crippen LogP contribution in [0.5, 0.6) is 0 Å². The number of carbonyl (C=O) groups is 4. The van der Waals surface area contributed by atoms with Crippen molar-refractivity contribution in [3.8, 4) is 0 Å². The zero-order valence-electron chi connectivity index (χ0n) is 22.2. The molecule has 0 spiro atoms. The van der Waals surface area contributed by atoms with Crippen LogP contribution >= 0.6 is 22.7 Å². The number of carbonyl (C=O) groups excluding carboxylic acids is 4. The highest BCUT2D eigenvalue weighted by atomic mass is 32.1. The third kappa shape index (κ3) is 6.29. The number of hydrogen-bond acceptors (Lipinski definition) is 6. The number of hydrogen-bond donors (Lipinski definition) is 4. The lowest BCUT2D eigenvalue weighted by atomic mass is 9.85. The maximum atomic E-state index is 12.6. The van der Waals surface area contributed by atoms with Gasteiger partial charge in [0.15, 0.2) is 0 Å². The summed E-state index contributed by atoms with van der Waals surface area (Å²) >= 11 is 2.93. The van der Waals surface area contributed by atoms with Gasteiger partial charge in [-0.2, -0.15) is 0 Å². The summed E-state index contributed by atoms with van der Waals surface area (Å²) in [6, 6.07) is 0. The Morgan fingerprint density at radius 3 is 1.47 bits per heavy atom. The number of fused-ring (bicyclic) bond motifs is 2. The lowest BCUT2D eigenvalue weighted by Gasteiger charge is -2.20. The fraction of sp³-hybridized carbons (Fsp3) is 0.571. The number of amides is 4. The van der Waals surface area contributed by atoms with E-state index in [1.54, 1.807) is 0 Å². The fourth-order valence-corrected chi connectivity index (χ4v) is 8.42. The van der Waals surface area contributed by atoms with Gasteiger partial charge in [-0.3, -0.25) is 19.2 Å². The van der Waals surface area contributed by atoms with Crippen molar-refractivity contribution >= 4 is 56.3 Å². The summed E-state index contributed by atoms with van der Waals surface area (Å²) in [7, 11) is 0. The summed E-state index contributed by atoms with van der Waals surface area (Å²) in [4.78, 5) is 51.8. The lowest BCUT2D eigenvalue weighted by Crippen LogP contribution is -2.20. The largest absolute Gasteiger partial charge is 0.365 e. The predicted octanol–water partition coefficient (Wildman–Crippen LogP) is 5.17. The number of nitrogens with one attached hydrogen (secondary N) is 2. The van der Waals surface area contributed by atoms with E-state index in [2.05, 4.69) is 24.5 Å². The number of rotatable bonds is 11. The van der Waals surface area contributed by atoms with Gasteiger partial charge < -0.3 is 22.1 Å². The van der Waals surface area contributed by atoms with Gasteiger partial charge in [0, 0.05) is 22.6 Å². The molecule has 0 aromatic carbocycles. The number of primary amides is 2. The van der Waals surface area contributed by atoms with Gasteiger partial charge in [0.25, 0.3) is 11.8 Å². The first-order valence-electron chi connectivity index (χ1n) is 13.7. The molecule has 2 atom stereocenters. The summed E-state index contributed by atoms with van der Waals surface area (Å²) in [6.07, 6.45) is 9.26. The normalized spacial score (nSPS) is 18.4.